The third-order valence-electron chi connectivity index (χ3n) is 2.64. The molecule has 0 amide bonds. The molecule has 1 N–H and O–H groups in total. The van der Waals surface area contributed by atoms with E-state index in [1.54, 1.807) is 19.4 Å². The summed E-state index contributed by atoms with van der Waals surface area (Å²) >= 11 is 0. The third-order valence-corrected chi connectivity index (χ3v) is 2.64. The number of anilines is 1. The average molecular weight is 254 g/mol. The lowest BCUT2D eigenvalue weighted by atomic mass is 10.1. The maximum Gasteiger partial charge on any atom is 0.223 e. The molecule has 96 valence electrons. The second-order valence-corrected chi connectivity index (χ2v) is 3.87. The number of aromatic nitrogens is 2. The zero-order valence-electron chi connectivity index (χ0n) is 10.6. The van der Waals surface area contributed by atoms with Crippen molar-refractivity contribution in [3.8, 4) is 11.8 Å². The molecule has 1 heterocycles. The van der Waals surface area contributed by atoms with Gasteiger partial charge >= 0.3 is 0 Å². The van der Waals surface area contributed by atoms with Gasteiger partial charge in [-0.1, -0.05) is 18.2 Å². The molecule has 0 radical (unpaired) electrons. The fourth-order valence-electron chi connectivity index (χ4n) is 1.72. The van der Waals surface area contributed by atoms with E-state index in [-0.39, 0.29) is 0 Å². The second-order valence-electron chi connectivity index (χ2n) is 3.87. The summed E-state index contributed by atoms with van der Waals surface area (Å²) < 4.78 is 5.28. The zero-order valence-corrected chi connectivity index (χ0v) is 10.6. The molecular weight excluding hydrogens is 240 g/mol. The van der Waals surface area contributed by atoms with Gasteiger partial charge in [0, 0.05) is 12.7 Å². The van der Waals surface area contributed by atoms with Crippen LogP contribution in [0.25, 0.3) is 0 Å². The van der Waals surface area contributed by atoms with Crippen LogP contribution in [0, 0.1) is 11.3 Å². The lowest BCUT2D eigenvalue weighted by Crippen LogP contribution is -2.08. The minimum atomic E-state index is 0.356. The fraction of sp³-hybridized carbons (Fsp3) is 0.214. The zero-order chi connectivity index (χ0) is 13.5. The fourth-order valence-corrected chi connectivity index (χ4v) is 1.72. The molecule has 0 aliphatic carbocycles. The van der Waals surface area contributed by atoms with Crippen LogP contribution in [0.4, 0.5) is 5.95 Å². The van der Waals surface area contributed by atoms with Gasteiger partial charge in [-0.15, -0.1) is 0 Å². The summed E-state index contributed by atoms with van der Waals surface area (Å²) in [5, 5.41) is 11.8. The van der Waals surface area contributed by atoms with Crippen LogP contribution in [0.5, 0.6) is 5.75 Å². The summed E-state index contributed by atoms with van der Waals surface area (Å²) in [6, 6.07) is 11.4. The third kappa shape index (κ3) is 3.42. The topological polar surface area (TPSA) is 70.8 Å². The molecule has 0 spiro atoms. The summed E-state index contributed by atoms with van der Waals surface area (Å²) in [6.45, 7) is 0.676. The highest BCUT2D eigenvalue weighted by Crippen LogP contribution is 2.17. The van der Waals surface area contributed by atoms with Crippen molar-refractivity contribution in [1.29, 1.82) is 5.26 Å². The van der Waals surface area contributed by atoms with Gasteiger partial charge in [-0.3, -0.25) is 0 Å². The maximum atomic E-state index is 8.75. The Morgan fingerprint density at radius 1 is 1.32 bits per heavy atom. The lowest BCUT2D eigenvalue weighted by Gasteiger charge is -2.08. The summed E-state index contributed by atoms with van der Waals surface area (Å²) in [6.07, 6.45) is 2.36. The van der Waals surface area contributed by atoms with Crippen LogP contribution in [0.15, 0.2) is 36.5 Å². The first kappa shape index (κ1) is 12.8. The van der Waals surface area contributed by atoms with Gasteiger partial charge in [-0.2, -0.15) is 5.26 Å². The molecule has 0 saturated heterocycles. The predicted molar refractivity (Wildman–Crippen MR) is 71.9 cm³/mol. The van der Waals surface area contributed by atoms with Gasteiger partial charge in [0.25, 0.3) is 0 Å². The smallest absolute Gasteiger partial charge is 0.223 e. The molecule has 0 aliphatic rings. The number of nitriles is 1. The van der Waals surface area contributed by atoms with Gasteiger partial charge in [0.15, 0.2) is 0 Å². The van der Waals surface area contributed by atoms with Gasteiger partial charge in [-0.05, 0) is 24.1 Å². The molecule has 1 aromatic carbocycles. The molecule has 2 aromatic rings. The Labute approximate surface area is 111 Å². The molecule has 0 saturated carbocycles. The van der Waals surface area contributed by atoms with Crippen molar-refractivity contribution >= 4 is 5.95 Å². The number of hydrogen-bond acceptors (Lipinski definition) is 5. The lowest BCUT2D eigenvalue weighted by molar-refractivity contribution is 0.410. The highest BCUT2D eigenvalue weighted by atomic mass is 16.5. The summed E-state index contributed by atoms with van der Waals surface area (Å²) in [7, 11) is 1.66. The van der Waals surface area contributed by atoms with E-state index < -0.39 is 0 Å². The van der Waals surface area contributed by atoms with Crippen molar-refractivity contribution in [2.45, 2.75) is 6.42 Å². The predicted octanol–water partition coefficient (Wildman–Crippen LogP) is 2.01. The molecule has 0 aliphatic heterocycles. The Balaban J connectivity index is 1.94. The number of nitrogens with one attached hydrogen (secondary N) is 1. The Hall–Kier alpha value is -2.61. The first-order valence-corrected chi connectivity index (χ1v) is 5.92. The van der Waals surface area contributed by atoms with Gasteiger partial charge in [0.2, 0.25) is 5.95 Å². The number of methoxy groups -OCH3 is 1. The number of hydrogen-bond donors (Lipinski definition) is 1. The Morgan fingerprint density at radius 3 is 2.95 bits per heavy atom. The van der Waals surface area contributed by atoms with E-state index in [9.17, 15) is 0 Å². The average Bonchev–Trinajstić information content (AvgIpc) is 2.48. The summed E-state index contributed by atoms with van der Waals surface area (Å²) in [5.74, 6) is 1.34. The van der Waals surface area contributed by atoms with E-state index in [2.05, 4.69) is 15.3 Å². The van der Waals surface area contributed by atoms with Gasteiger partial charge in [0.05, 0.1) is 7.11 Å². The molecule has 5 nitrogen and oxygen atoms in total. The summed E-state index contributed by atoms with van der Waals surface area (Å²) in [5.41, 5.74) is 1.48. The van der Waals surface area contributed by atoms with Crippen LogP contribution < -0.4 is 10.1 Å². The molecule has 0 fully saturated rings. The first-order chi connectivity index (χ1) is 9.33. The highest BCUT2D eigenvalue weighted by Gasteiger charge is 2.02. The number of rotatable bonds is 5. The molecule has 0 atom stereocenters. The van der Waals surface area contributed by atoms with Crippen LogP contribution >= 0.6 is 0 Å². The quantitative estimate of drug-likeness (QED) is 0.883. The molecule has 0 bridgehead atoms. The normalized spacial score (nSPS) is 9.68. The van der Waals surface area contributed by atoms with Crippen molar-refractivity contribution in [1.82, 2.24) is 9.97 Å². The Kier molecular flexibility index (Phi) is 4.29. The number of benzene rings is 1. The SMILES string of the molecule is COc1ccccc1CCNc1nccc(C#N)n1. The monoisotopic (exact) mass is 254 g/mol. The van der Waals surface area contributed by atoms with Crippen molar-refractivity contribution in [3.05, 3.63) is 47.8 Å². The molecular formula is C14H14N4O. The van der Waals surface area contributed by atoms with Gasteiger partial charge in [-0.25, -0.2) is 9.97 Å². The molecule has 0 unspecified atom stereocenters. The number of nitrogens with zero attached hydrogens (tertiary/aromatic N) is 3. The van der Waals surface area contributed by atoms with Crippen molar-refractivity contribution in [3.63, 3.8) is 0 Å². The first-order valence-electron chi connectivity index (χ1n) is 5.92. The van der Waals surface area contributed by atoms with Crippen LogP contribution in [-0.4, -0.2) is 23.6 Å². The molecule has 1 aromatic heterocycles. The van der Waals surface area contributed by atoms with E-state index in [4.69, 9.17) is 10.00 Å². The van der Waals surface area contributed by atoms with Gasteiger partial charge in [0.1, 0.15) is 17.5 Å². The standard InChI is InChI=1S/C14H14N4O/c1-19-13-5-3-2-4-11(13)6-8-16-14-17-9-7-12(10-15)18-14/h2-5,7,9H,6,8H2,1H3,(H,16,17,18). The highest BCUT2D eigenvalue weighted by molar-refractivity contribution is 5.35. The van der Waals surface area contributed by atoms with Crippen molar-refractivity contribution in [2.75, 3.05) is 19.0 Å². The van der Waals surface area contributed by atoms with E-state index in [1.807, 2.05) is 30.3 Å². The molecule has 5 heteroatoms. The van der Waals surface area contributed by atoms with E-state index in [0.717, 1.165) is 17.7 Å². The molecule has 19 heavy (non-hydrogen) atoms. The van der Waals surface area contributed by atoms with Gasteiger partial charge < -0.3 is 10.1 Å². The van der Waals surface area contributed by atoms with E-state index >= 15 is 0 Å². The largest absolute Gasteiger partial charge is 0.496 e. The Morgan fingerprint density at radius 2 is 2.16 bits per heavy atom. The van der Waals surface area contributed by atoms with Crippen molar-refractivity contribution in [2.24, 2.45) is 0 Å². The van der Waals surface area contributed by atoms with Crippen LogP contribution in [-0.2, 0) is 6.42 Å². The van der Waals surface area contributed by atoms with E-state index in [1.165, 1.54) is 0 Å². The summed E-state index contributed by atoms with van der Waals surface area (Å²) in [4.78, 5) is 8.11. The minimum absolute atomic E-state index is 0.356. The van der Waals surface area contributed by atoms with E-state index in [0.29, 0.717) is 18.2 Å². The minimum Gasteiger partial charge on any atom is -0.496 e. The van der Waals surface area contributed by atoms with Crippen LogP contribution in [0.3, 0.4) is 0 Å². The Bertz CT molecular complexity index is 592. The van der Waals surface area contributed by atoms with Crippen molar-refractivity contribution < 1.29 is 4.74 Å². The van der Waals surface area contributed by atoms with Crippen LogP contribution in [0.2, 0.25) is 0 Å². The molecule has 2 rings (SSSR count). The maximum absolute atomic E-state index is 8.75. The second kappa shape index (κ2) is 6.36. The number of para-hydroxylation sites is 1. The van der Waals surface area contributed by atoms with Crippen LogP contribution in [0.1, 0.15) is 11.3 Å². The number of ether oxygens (including phenoxy) is 1.